The number of rotatable bonds is 2. The number of benzene rings is 1. The fraction of sp³-hybridized carbons (Fsp3) is 0.250. The van der Waals surface area contributed by atoms with Gasteiger partial charge >= 0.3 is 0 Å². The lowest BCUT2D eigenvalue weighted by Crippen LogP contribution is -2.12. The van der Waals surface area contributed by atoms with E-state index in [1.807, 2.05) is 13.0 Å². The zero-order chi connectivity index (χ0) is 13.5. The average Bonchev–Trinajstić information content (AvgIpc) is 2.70. The van der Waals surface area contributed by atoms with Gasteiger partial charge in [-0.15, -0.1) is 0 Å². The molecule has 96 valence electrons. The second-order valence-corrected chi connectivity index (χ2v) is 6.88. The van der Waals surface area contributed by atoms with E-state index >= 15 is 0 Å². The van der Waals surface area contributed by atoms with Crippen LogP contribution in [0.5, 0.6) is 0 Å². The number of aryl methyl sites for hydroxylation is 3. The molecular weight excluding hydrogens is 316 g/mol. The van der Waals surface area contributed by atoms with Crippen molar-refractivity contribution >= 4 is 26.0 Å². The van der Waals surface area contributed by atoms with E-state index in [1.54, 1.807) is 19.9 Å². The van der Waals surface area contributed by atoms with Crippen LogP contribution in [0.4, 0.5) is 0 Å². The van der Waals surface area contributed by atoms with E-state index in [0.717, 1.165) is 14.0 Å². The van der Waals surface area contributed by atoms with Crippen molar-refractivity contribution in [3.8, 4) is 0 Å². The molecule has 0 spiro atoms. The first kappa shape index (κ1) is 13.3. The SMILES string of the molecule is Cc1cn(S(=O)(=O)c2cc(C)c(Br)cc2C)cn1. The molecule has 2 rings (SSSR count). The molecule has 0 atom stereocenters. The minimum Gasteiger partial charge on any atom is -0.241 e. The Morgan fingerprint density at radius 1 is 1.17 bits per heavy atom. The third kappa shape index (κ3) is 2.22. The van der Waals surface area contributed by atoms with E-state index in [9.17, 15) is 8.42 Å². The van der Waals surface area contributed by atoms with Gasteiger partial charge in [0.15, 0.2) is 0 Å². The monoisotopic (exact) mass is 328 g/mol. The molecule has 1 aromatic carbocycles. The van der Waals surface area contributed by atoms with Crippen LogP contribution in [0.25, 0.3) is 0 Å². The molecule has 0 saturated heterocycles. The van der Waals surface area contributed by atoms with E-state index in [4.69, 9.17) is 0 Å². The van der Waals surface area contributed by atoms with Crippen LogP contribution in [0.3, 0.4) is 0 Å². The molecule has 0 aliphatic heterocycles. The Morgan fingerprint density at radius 2 is 1.83 bits per heavy atom. The van der Waals surface area contributed by atoms with Crippen LogP contribution in [0, 0.1) is 20.8 Å². The van der Waals surface area contributed by atoms with Crippen LogP contribution in [0.1, 0.15) is 16.8 Å². The quantitative estimate of drug-likeness (QED) is 0.851. The molecule has 0 radical (unpaired) electrons. The van der Waals surface area contributed by atoms with Crippen LogP contribution in [-0.2, 0) is 10.0 Å². The minimum absolute atomic E-state index is 0.306. The summed E-state index contributed by atoms with van der Waals surface area (Å²) in [5.74, 6) is 0. The average molecular weight is 329 g/mol. The lowest BCUT2D eigenvalue weighted by atomic mass is 10.2. The molecule has 18 heavy (non-hydrogen) atoms. The van der Waals surface area contributed by atoms with Crippen LogP contribution in [-0.4, -0.2) is 17.4 Å². The summed E-state index contributed by atoms with van der Waals surface area (Å²) >= 11 is 3.39. The minimum atomic E-state index is -3.55. The second kappa shape index (κ2) is 4.51. The highest BCUT2D eigenvalue weighted by atomic mass is 79.9. The summed E-state index contributed by atoms with van der Waals surface area (Å²) in [6.45, 7) is 5.40. The summed E-state index contributed by atoms with van der Waals surface area (Å²) in [4.78, 5) is 4.26. The molecule has 0 bridgehead atoms. The smallest absolute Gasteiger partial charge is 0.241 e. The van der Waals surface area contributed by atoms with Crippen molar-refractivity contribution in [3.63, 3.8) is 0 Å². The van der Waals surface area contributed by atoms with Crippen LogP contribution < -0.4 is 0 Å². The van der Waals surface area contributed by atoms with Gasteiger partial charge in [0, 0.05) is 10.7 Å². The van der Waals surface area contributed by atoms with E-state index in [1.165, 1.54) is 12.5 Å². The highest BCUT2D eigenvalue weighted by Crippen LogP contribution is 2.25. The van der Waals surface area contributed by atoms with Crippen molar-refractivity contribution in [1.29, 1.82) is 0 Å². The van der Waals surface area contributed by atoms with E-state index in [0.29, 0.717) is 16.2 Å². The maximum atomic E-state index is 12.4. The van der Waals surface area contributed by atoms with Crippen molar-refractivity contribution in [2.75, 3.05) is 0 Å². The lowest BCUT2D eigenvalue weighted by molar-refractivity contribution is 0.586. The summed E-state index contributed by atoms with van der Waals surface area (Å²) in [6, 6.07) is 3.48. The Balaban J connectivity index is 2.65. The summed E-state index contributed by atoms with van der Waals surface area (Å²) < 4.78 is 26.9. The highest BCUT2D eigenvalue weighted by Gasteiger charge is 2.20. The van der Waals surface area contributed by atoms with Gasteiger partial charge in [-0.25, -0.2) is 17.4 Å². The predicted octanol–water partition coefficient (Wildman–Crippen LogP) is 2.81. The fourth-order valence-electron chi connectivity index (χ4n) is 1.68. The van der Waals surface area contributed by atoms with Crippen molar-refractivity contribution in [2.45, 2.75) is 25.7 Å². The lowest BCUT2D eigenvalue weighted by Gasteiger charge is -2.10. The first-order valence-electron chi connectivity index (χ1n) is 5.35. The standard InChI is InChI=1S/C12H13BrN2O2S/c1-8-5-12(9(2)4-11(8)13)18(16,17)15-6-10(3)14-7-15/h4-7H,1-3H3. The summed E-state index contributed by atoms with van der Waals surface area (Å²) in [5, 5.41) is 0. The molecule has 0 aliphatic rings. The normalized spacial score (nSPS) is 11.8. The van der Waals surface area contributed by atoms with E-state index in [2.05, 4.69) is 20.9 Å². The van der Waals surface area contributed by atoms with Gasteiger partial charge in [0.25, 0.3) is 10.0 Å². The number of aromatic nitrogens is 2. The summed E-state index contributed by atoms with van der Waals surface area (Å²) in [5.41, 5.74) is 2.26. The number of imidazole rings is 1. The van der Waals surface area contributed by atoms with Gasteiger partial charge in [0.2, 0.25) is 0 Å². The molecule has 0 fully saturated rings. The van der Waals surface area contributed by atoms with Crippen LogP contribution in [0.15, 0.2) is 34.0 Å². The topological polar surface area (TPSA) is 52.0 Å². The molecule has 0 amide bonds. The molecule has 6 heteroatoms. The summed E-state index contributed by atoms with van der Waals surface area (Å²) in [7, 11) is -3.55. The maximum absolute atomic E-state index is 12.4. The molecule has 1 aromatic heterocycles. The predicted molar refractivity (Wildman–Crippen MR) is 73.2 cm³/mol. The number of nitrogens with zero attached hydrogens (tertiary/aromatic N) is 2. The van der Waals surface area contributed by atoms with E-state index in [-0.39, 0.29) is 0 Å². The van der Waals surface area contributed by atoms with E-state index < -0.39 is 10.0 Å². The van der Waals surface area contributed by atoms with Gasteiger partial charge in [0.1, 0.15) is 6.33 Å². The molecule has 2 aromatic rings. The Hall–Kier alpha value is -1.14. The third-order valence-electron chi connectivity index (χ3n) is 2.70. The van der Waals surface area contributed by atoms with Crippen LogP contribution >= 0.6 is 15.9 Å². The van der Waals surface area contributed by atoms with Crippen molar-refractivity contribution < 1.29 is 8.42 Å². The zero-order valence-electron chi connectivity index (χ0n) is 10.3. The largest absolute Gasteiger partial charge is 0.269 e. The molecule has 1 heterocycles. The summed E-state index contributed by atoms with van der Waals surface area (Å²) in [6.07, 6.45) is 2.83. The van der Waals surface area contributed by atoms with Crippen molar-refractivity contribution in [3.05, 3.63) is 46.0 Å². The molecule has 4 nitrogen and oxygen atoms in total. The molecular formula is C12H13BrN2O2S. The van der Waals surface area contributed by atoms with Crippen molar-refractivity contribution in [2.24, 2.45) is 0 Å². The molecule has 0 N–H and O–H groups in total. The Morgan fingerprint density at radius 3 is 2.39 bits per heavy atom. The van der Waals surface area contributed by atoms with Gasteiger partial charge in [-0.1, -0.05) is 15.9 Å². The highest BCUT2D eigenvalue weighted by molar-refractivity contribution is 9.10. The van der Waals surface area contributed by atoms with Crippen molar-refractivity contribution in [1.82, 2.24) is 8.96 Å². The molecule has 0 aliphatic carbocycles. The first-order chi connectivity index (χ1) is 8.32. The van der Waals surface area contributed by atoms with Gasteiger partial charge in [0.05, 0.1) is 10.6 Å². The van der Waals surface area contributed by atoms with Gasteiger partial charge in [-0.2, -0.15) is 0 Å². The molecule has 0 unspecified atom stereocenters. The second-order valence-electron chi connectivity index (χ2n) is 4.22. The molecule has 0 saturated carbocycles. The third-order valence-corrected chi connectivity index (χ3v) is 5.31. The maximum Gasteiger partial charge on any atom is 0.269 e. The van der Waals surface area contributed by atoms with Gasteiger partial charge in [-0.3, -0.25) is 0 Å². The van der Waals surface area contributed by atoms with Crippen LogP contribution in [0.2, 0.25) is 0 Å². The van der Waals surface area contributed by atoms with Gasteiger partial charge < -0.3 is 0 Å². The number of hydrogen-bond donors (Lipinski definition) is 0. The Labute approximate surface area is 115 Å². The fourth-order valence-corrected chi connectivity index (χ4v) is 3.62. The number of halogens is 1. The zero-order valence-corrected chi connectivity index (χ0v) is 12.7. The Kier molecular flexibility index (Phi) is 3.33. The first-order valence-corrected chi connectivity index (χ1v) is 7.58. The number of hydrogen-bond acceptors (Lipinski definition) is 3. The Bertz CT molecular complexity index is 705. The van der Waals surface area contributed by atoms with Gasteiger partial charge in [-0.05, 0) is 44.0 Å².